The van der Waals surface area contributed by atoms with Crippen molar-refractivity contribution in [3.63, 3.8) is 0 Å². The smallest absolute Gasteiger partial charge is 0.368 e. The molecule has 2 aliphatic heterocycles. The van der Waals surface area contributed by atoms with E-state index in [0.717, 1.165) is 44.5 Å². The van der Waals surface area contributed by atoms with Crippen LogP contribution in [0.1, 0.15) is 37.7 Å². The number of anilines is 3. The van der Waals surface area contributed by atoms with Gasteiger partial charge in [0.15, 0.2) is 17.0 Å². The van der Waals surface area contributed by atoms with Crippen LogP contribution < -0.4 is 10.6 Å². The second-order valence-electron chi connectivity index (χ2n) is 9.46. The van der Waals surface area contributed by atoms with Crippen LogP contribution in [0.2, 0.25) is 0 Å². The highest BCUT2D eigenvalue weighted by Gasteiger charge is 2.30. The van der Waals surface area contributed by atoms with Crippen molar-refractivity contribution >= 4 is 40.4 Å². The molecule has 0 unspecified atom stereocenters. The topological polar surface area (TPSA) is 108 Å². The van der Waals surface area contributed by atoms with Crippen molar-refractivity contribution in [2.45, 2.75) is 44.8 Å². The Hall–Kier alpha value is -3.90. The Bertz CT molecular complexity index is 1310. The van der Waals surface area contributed by atoms with Gasteiger partial charge >= 0.3 is 6.18 Å². The van der Waals surface area contributed by atoms with Crippen LogP contribution in [-0.2, 0) is 22.3 Å². The number of amides is 2. The van der Waals surface area contributed by atoms with Gasteiger partial charge < -0.3 is 25.0 Å². The van der Waals surface area contributed by atoms with Gasteiger partial charge in [-0.1, -0.05) is 0 Å². The van der Waals surface area contributed by atoms with E-state index in [1.165, 1.54) is 12.1 Å². The van der Waals surface area contributed by atoms with E-state index in [4.69, 9.17) is 0 Å². The van der Waals surface area contributed by atoms with Gasteiger partial charge in [-0.15, -0.1) is 0 Å². The molecule has 2 aromatic heterocycles. The fourth-order valence-corrected chi connectivity index (χ4v) is 4.74. The maximum absolute atomic E-state index is 13.0. The average molecular weight is 531 g/mol. The van der Waals surface area contributed by atoms with Gasteiger partial charge in [0.05, 0.1) is 11.9 Å². The zero-order chi connectivity index (χ0) is 26.7. The highest BCUT2D eigenvalue weighted by atomic mass is 19.4. The zero-order valence-corrected chi connectivity index (χ0v) is 20.8. The molecule has 0 saturated carbocycles. The molecule has 13 heteroatoms. The minimum Gasteiger partial charge on any atom is -0.368 e. The predicted molar refractivity (Wildman–Crippen MR) is 135 cm³/mol. The number of carbonyl (C=O) groups excluding carboxylic acids is 2. The number of halogens is 3. The second-order valence-corrected chi connectivity index (χ2v) is 9.46. The van der Waals surface area contributed by atoms with E-state index in [1.54, 1.807) is 6.33 Å². The summed E-state index contributed by atoms with van der Waals surface area (Å²) in [7, 11) is 0. The summed E-state index contributed by atoms with van der Waals surface area (Å²) in [6, 6.07) is 4.65. The predicted octanol–water partition coefficient (Wildman–Crippen LogP) is 3.64. The Kier molecular flexibility index (Phi) is 7.34. The normalized spacial score (nSPS) is 16.2. The van der Waals surface area contributed by atoms with Gasteiger partial charge in [-0.3, -0.25) is 9.59 Å². The van der Waals surface area contributed by atoms with Crippen molar-refractivity contribution in [2.24, 2.45) is 0 Å². The summed E-state index contributed by atoms with van der Waals surface area (Å²) in [6.45, 7) is 3.73. The van der Waals surface area contributed by atoms with Crippen LogP contribution in [-0.4, -0.2) is 73.9 Å². The first-order valence-electron chi connectivity index (χ1n) is 12.7. The third-order valence-corrected chi connectivity index (χ3v) is 6.78. The standard InChI is InChI=1S/C25H29F3N8O2/c26-25(27,28)17-6-8-18(9-7-17)31-24-32-22(29-10-3-13-34-11-1-4-19(34)37)21-23(33-24)36(16-30-21)15-14-35-12-2-5-20(35)38/h6-9,16H,1-5,10-15H2,(H2,29,31,32,33). The Morgan fingerprint density at radius 3 is 2.21 bits per heavy atom. The molecular weight excluding hydrogens is 501 g/mol. The van der Waals surface area contributed by atoms with Crippen molar-refractivity contribution in [1.82, 2.24) is 29.3 Å². The van der Waals surface area contributed by atoms with Crippen LogP contribution in [0.25, 0.3) is 11.2 Å². The average Bonchev–Trinajstić information content (AvgIpc) is 3.60. The number of benzene rings is 1. The number of imidazole rings is 1. The van der Waals surface area contributed by atoms with Crippen LogP contribution in [0, 0.1) is 0 Å². The largest absolute Gasteiger partial charge is 0.416 e. The molecular formula is C25H29F3N8O2. The van der Waals surface area contributed by atoms with Crippen LogP contribution in [0.15, 0.2) is 30.6 Å². The molecule has 1 aromatic carbocycles. The summed E-state index contributed by atoms with van der Waals surface area (Å²) in [5.41, 5.74) is 0.753. The van der Waals surface area contributed by atoms with E-state index in [1.807, 2.05) is 14.4 Å². The van der Waals surface area contributed by atoms with Gasteiger partial charge in [0.25, 0.3) is 0 Å². The van der Waals surface area contributed by atoms with Crippen molar-refractivity contribution < 1.29 is 22.8 Å². The summed E-state index contributed by atoms with van der Waals surface area (Å²) in [5.74, 6) is 0.988. The van der Waals surface area contributed by atoms with Crippen LogP contribution in [0.3, 0.4) is 0 Å². The van der Waals surface area contributed by atoms with E-state index < -0.39 is 11.7 Å². The Morgan fingerprint density at radius 1 is 0.895 bits per heavy atom. The summed E-state index contributed by atoms with van der Waals surface area (Å²) in [4.78, 5) is 41.2. The lowest BCUT2D eigenvalue weighted by Crippen LogP contribution is -2.28. The third kappa shape index (κ3) is 5.81. The number of nitrogens with zero attached hydrogens (tertiary/aromatic N) is 6. The number of rotatable bonds is 10. The molecule has 38 heavy (non-hydrogen) atoms. The lowest BCUT2D eigenvalue weighted by atomic mass is 10.2. The van der Waals surface area contributed by atoms with Gasteiger partial charge in [-0.2, -0.15) is 23.1 Å². The molecule has 4 heterocycles. The van der Waals surface area contributed by atoms with Crippen molar-refractivity contribution in [3.05, 3.63) is 36.2 Å². The number of carbonyl (C=O) groups is 2. The second kappa shape index (κ2) is 10.8. The van der Waals surface area contributed by atoms with E-state index in [9.17, 15) is 22.8 Å². The quantitative estimate of drug-likeness (QED) is 0.386. The molecule has 0 atom stereocenters. The molecule has 5 rings (SSSR count). The molecule has 2 aliphatic rings. The molecule has 10 nitrogen and oxygen atoms in total. The maximum Gasteiger partial charge on any atom is 0.416 e. The van der Waals surface area contributed by atoms with Gasteiger partial charge in [0.2, 0.25) is 17.8 Å². The molecule has 0 spiro atoms. The minimum atomic E-state index is -4.42. The van der Waals surface area contributed by atoms with E-state index in [2.05, 4.69) is 25.6 Å². The van der Waals surface area contributed by atoms with E-state index in [-0.39, 0.29) is 17.8 Å². The highest BCUT2D eigenvalue weighted by Crippen LogP contribution is 2.30. The molecule has 202 valence electrons. The van der Waals surface area contributed by atoms with Crippen LogP contribution >= 0.6 is 0 Å². The number of hydrogen-bond acceptors (Lipinski definition) is 7. The minimum absolute atomic E-state index is 0.132. The van der Waals surface area contributed by atoms with E-state index >= 15 is 0 Å². The fraction of sp³-hybridized carbons (Fsp3) is 0.480. The van der Waals surface area contributed by atoms with E-state index in [0.29, 0.717) is 61.7 Å². The first-order valence-corrected chi connectivity index (χ1v) is 12.7. The molecule has 0 bridgehead atoms. The Labute approximate surface area is 217 Å². The summed E-state index contributed by atoms with van der Waals surface area (Å²) >= 11 is 0. The molecule has 2 fully saturated rings. The van der Waals surface area contributed by atoms with Gasteiger partial charge in [-0.05, 0) is 43.5 Å². The van der Waals surface area contributed by atoms with Gasteiger partial charge in [-0.25, -0.2) is 4.98 Å². The number of likely N-dealkylation sites (tertiary alicyclic amines) is 2. The lowest BCUT2D eigenvalue weighted by Gasteiger charge is -2.16. The lowest BCUT2D eigenvalue weighted by molar-refractivity contribution is -0.137. The van der Waals surface area contributed by atoms with Gasteiger partial charge in [0.1, 0.15) is 0 Å². The Balaban J connectivity index is 1.35. The van der Waals surface area contributed by atoms with Crippen LogP contribution in [0.4, 0.5) is 30.6 Å². The maximum atomic E-state index is 13.0. The number of fused-ring (bicyclic) bond motifs is 1. The molecule has 2 amide bonds. The number of aromatic nitrogens is 4. The molecule has 2 N–H and O–H groups in total. The number of nitrogens with one attached hydrogen (secondary N) is 2. The monoisotopic (exact) mass is 530 g/mol. The van der Waals surface area contributed by atoms with Gasteiger partial charge in [0, 0.05) is 57.8 Å². The summed E-state index contributed by atoms with van der Waals surface area (Å²) in [5, 5.41) is 6.27. The molecule has 0 radical (unpaired) electrons. The summed E-state index contributed by atoms with van der Waals surface area (Å²) < 4.78 is 40.7. The zero-order valence-electron chi connectivity index (χ0n) is 20.8. The Morgan fingerprint density at radius 2 is 1.58 bits per heavy atom. The molecule has 0 aliphatic carbocycles. The number of hydrogen-bond donors (Lipinski definition) is 2. The van der Waals surface area contributed by atoms with Crippen LogP contribution in [0.5, 0.6) is 0 Å². The van der Waals surface area contributed by atoms with Crippen molar-refractivity contribution in [2.75, 3.05) is 43.4 Å². The van der Waals surface area contributed by atoms with Crippen molar-refractivity contribution in [1.29, 1.82) is 0 Å². The molecule has 2 saturated heterocycles. The summed E-state index contributed by atoms with van der Waals surface area (Å²) in [6.07, 6.45) is 0.841. The first-order chi connectivity index (χ1) is 18.3. The first kappa shape index (κ1) is 25.7. The highest BCUT2D eigenvalue weighted by molar-refractivity contribution is 5.85. The fourth-order valence-electron chi connectivity index (χ4n) is 4.74. The van der Waals surface area contributed by atoms with Crippen molar-refractivity contribution in [3.8, 4) is 0 Å². The number of alkyl halides is 3. The molecule has 3 aromatic rings. The third-order valence-electron chi connectivity index (χ3n) is 6.78. The SMILES string of the molecule is O=C1CCCN1CCCNc1nc(Nc2ccc(C(F)(F)F)cc2)nc2c1ncn2CCN1CCCC1=O.